The molecule has 0 aromatic heterocycles. The first kappa shape index (κ1) is 14.0. The summed E-state index contributed by atoms with van der Waals surface area (Å²) < 4.78 is 6.65. The number of hydrogen-bond donors (Lipinski definition) is 0. The molecule has 1 nitrogen and oxygen atoms in total. The lowest BCUT2D eigenvalue weighted by Crippen LogP contribution is -2.28. The van der Waals surface area contributed by atoms with Crippen LogP contribution in [0.15, 0.2) is 30.3 Å². The van der Waals surface area contributed by atoms with E-state index in [-0.39, 0.29) is 0 Å². The van der Waals surface area contributed by atoms with Crippen molar-refractivity contribution in [2.75, 3.05) is 12.3 Å². The summed E-state index contributed by atoms with van der Waals surface area (Å²) in [6.45, 7) is 4.58. The molecule has 0 amide bonds. The quantitative estimate of drug-likeness (QED) is 0.653. The summed E-state index contributed by atoms with van der Waals surface area (Å²) in [6, 6.07) is 11.0. The number of benzene rings is 1. The molecule has 1 saturated carbocycles. The van der Waals surface area contributed by atoms with Gasteiger partial charge in [-0.05, 0) is 44.2 Å². The highest BCUT2D eigenvalue weighted by Gasteiger charge is 2.44. The van der Waals surface area contributed by atoms with Crippen LogP contribution < -0.4 is 5.30 Å². The minimum Gasteiger partial charge on any atom is -0.230 e. The first-order valence-corrected chi connectivity index (χ1v) is 9.49. The van der Waals surface area contributed by atoms with Crippen LogP contribution in [0.1, 0.15) is 46.0 Å². The van der Waals surface area contributed by atoms with Gasteiger partial charge in [-0.25, -0.2) is 4.52 Å². The third-order valence-corrected chi connectivity index (χ3v) is 8.08. The molecule has 0 saturated heterocycles. The van der Waals surface area contributed by atoms with Crippen LogP contribution in [0.5, 0.6) is 0 Å². The van der Waals surface area contributed by atoms with E-state index >= 15 is 0 Å². The Morgan fingerprint density at radius 1 is 1.06 bits per heavy atom. The third-order valence-electron chi connectivity index (χ3n) is 3.80. The van der Waals surface area contributed by atoms with E-state index in [0.29, 0.717) is 6.10 Å². The number of hydrogen-bond acceptors (Lipinski definition) is 1. The monoisotopic (exact) mass is 265 g/mol. The molecule has 1 aliphatic rings. The van der Waals surface area contributed by atoms with Gasteiger partial charge in [-0.3, -0.25) is 0 Å². The van der Waals surface area contributed by atoms with Crippen molar-refractivity contribution in [2.45, 2.75) is 52.1 Å². The Morgan fingerprint density at radius 2 is 1.67 bits per heavy atom. The van der Waals surface area contributed by atoms with Crippen molar-refractivity contribution in [3.63, 3.8) is 0 Å². The molecule has 100 valence electrons. The van der Waals surface area contributed by atoms with Gasteiger partial charge in [0, 0.05) is 0 Å². The Kier molecular flexibility index (Phi) is 5.21. The average Bonchev–Trinajstić information content (AvgIpc) is 2.35. The molecule has 0 spiro atoms. The maximum absolute atomic E-state index is 6.65. The molecule has 2 rings (SSSR count). The highest BCUT2D eigenvalue weighted by atomic mass is 31.2. The fraction of sp³-hybridized carbons (Fsp3) is 0.625. The van der Waals surface area contributed by atoms with Crippen LogP contribution in [0.3, 0.4) is 0 Å². The van der Waals surface area contributed by atoms with Gasteiger partial charge < -0.3 is 0 Å². The van der Waals surface area contributed by atoms with Gasteiger partial charge in [0.05, 0.1) is 12.3 Å². The summed E-state index contributed by atoms with van der Waals surface area (Å²) in [5, 5.41) is 1.49. The van der Waals surface area contributed by atoms with E-state index < -0.39 is 7.49 Å². The second-order valence-corrected chi connectivity index (χ2v) is 8.73. The van der Waals surface area contributed by atoms with Crippen LogP contribution in [0, 0.1) is 0 Å². The van der Waals surface area contributed by atoms with Crippen LogP contribution in [-0.4, -0.2) is 18.4 Å². The topological polar surface area (TPSA) is 9.23 Å². The van der Waals surface area contributed by atoms with Gasteiger partial charge in [0.15, 0.2) is 7.49 Å². The summed E-state index contributed by atoms with van der Waals surface area (Å²) in [5.74, 6) is 0. The second-order valence-electron chi connectivity index (χ2n) is 5.33. The highest BCUT2D eigenvalue weighted by Crippen LogP contribution is 2.61. The van der Waals surface area contributed by atoms with E-state index in [1.807, 2.05) is 0 Å². The molecule has 0 atom stereocenters. The third kappa shape index (κ3) is 3.13. The van der Waals surface area contributed by atoms with Crippen molar-refractivity contribution in [1.29, 1.82) is 0 Å². The minimum atomic E-state index is -1.37. The fourth-order valence-corrected chi connectivity index (χ4v) is 6.73. The zero-order chi connectivity index (χ0) is 12.8. The Balaban J connectivity index is 2.22. The molecule has 0 unspecified atom stereocenters. The van der Waals surface area contributed by atoms with Gasteiger partial charge in [0.2, 0.25) is 0 Å². The van der Waals surface area contributed by atoms with Crippen LogP contribution in [0.25, 0.3) is 0 Å². The van der Waals surface area contributed by atoms with Crippen molar-refractivity contribution >= 4 is 12.8 Å². The van der Waals surface area contributed by atoms with Crippen molar-refractivity contribution in [3.8, 4) is 0 Å². The van der Waals surface area contributed by atoms with E-state index in [9.17, 15) is 0 Å². The molecule has 0 bridgehead atoms. The molecular weight excluding hydrogens is 239 g/mol. The van der Waals surface area contributed by atoms with Crippen LogP contribution >= 0.6 is 7.49 Å². The molecule has 0 radical (unpaired) electrons. The molecule has 2 heteroatoms. The van der Waals surface area contributed by atoms with Crippen molar-refractivity contribution in [1.82, 2.24) is 0 Å². The standard InChI is InChI=1S/C16H26OP/c1-3-13-18(14-4-2,17-15-9-8-10-15)16-11-6-5-7-12-16/h5-7,11-12,15H,3-4,8-10,13-14H2,1-2H3/q+1. The van der Waals surface area contributed by atoms with E-state index in [4.69, 9.17) is 4.52 Å². The Labute approximate surface area is 112 Å². The largest absolute Gasteiger partial charge is 0.230 e. The molecule has 0 aliphatic heterocycles. The first-order chi connectivity index (χ1) is 8.80. The number of rotatable bonds is 7. The average molecular weight is 265 g/mol. The smallest absolute Gasteiger partial charge is 0.178 e. The lowest BCUT2D eigenvalue weighted by molar-refractivity contribution is 0.132. The molecule has 18 heavy (non-hydrogen) atoms. The van der Waals surface area contributed by atoms with E-state index in [1.54, 1.807) is 0 Å². The molecule has 1 aromatic carbocycles. The van der Waals surface area contributed by atoms with Gasteiger partial charge in [0.1, 0.15) is 11.4 Å². The predicted molar refractivity (Wildman–Crippen MR) is 82.0 cm³/mol. The van der Waals surface area contributed by atoms with Gasteiger partial charge in [-0.2, -0.15) is 0 Å². The van der Waals surface area contributed by atoms with Crippen molar-refractivity contribution in [3.05, 3.63) is 30.3 Å². The molecule has 1 fully saturated rings. The van der Waals surface area contributed by atoms with E-state index in [1.165, 1.54) is 49.7 Å². The van der Waals surface area contributed by atoms with Gasteiger partial charge >= 0.3 is 0 Å². The lowest BCUT2D eigenvalue weighted by Gasteiger charge is -2.33. The van der Waals surface area contributed by atoms with Gasteiger partial charge in [0.25, 0.3) is 0 Å². The van der Waals surface area contributed by atoms with E-state index in [2.05, 4.69) is 44.2 Å². The molecule has 1 aromatic rings. The SMILES string of the molecule is CCC[P+](CCC)(OC1CCC1)c1ccccc1. The maximum atomic E-state index is 6.65. The zero-order valence-electron chi connectivity index (χ0n) is 11.8. The first-order valence-electron chi connectivity index (χ1n) is 7.42. The minimum absolute atomic E-state index is 0.552. The Bertz CT molecular complexity index is 339. The molecule has 0 N–H and O–H groups in total. The normalized spacial score (nSPS) is 16.6. The fourth-order valence-electron chi connectivity index (χ4n) is 2.72. The summed E-state index contributed by atoms with van der Waals surface area (Å²) in [6.07, 6.45) is 9.44. The molecular formula is C16H26OP+. The van der Waals surface area contributed by atoms with Gasteiger partial charge in [-0.1, -0.05) is 32.0 Å². The molecule has 1 aliphatic carbocycles. The van der Waals surface area contributed by atoms with Crippen LogP contribution in [0.2, 0.25) is 0 Å². The second kappa shape index (κ2) is 6.68. The Morgan fingerprint density at radius 3 is 2.11 bits per heavy atom. The zero-order valence-corrected chi connectivity index (χ0v) is 12.7. The summed E-state index contributed by atoms with van der Waals surface area (Å²) >= 11 is 0. The van der Waals surface area contributed by atoms with Crippen molar-refractivity contribution in [2.24, 2.45) is 0 Å². The lowest BCUT2D eigenvalue weighted by atomic mass is 9.97. The summed E-state index contributed by atoms with van der Waals surface area (Å²) in [4.78, 5) is 0. The van der Waals surface area contributed by atoms with Crippen LogP contribution in [0.4, 0.5) is 0 Å². The van der Waals surface area contributed by atoms with E-state index in [0.717, 1.165) is 0 Å². The maximum Gasteiger partial charge on any atom is 0.178 e. The molecule has 0 heterocycles. The predicted octanol–water partition coefficient (Wildman–Crippen LogP) is 4.63. The highest BCUT2D eigenvalue weighted by molar-refractivity contribution is 7.78. The van der Waals surface area contributed by atoms with Crippen molar-refractivity contribution < 1.29 is 4.52 Å². The summed E-state index contributed by atoms with van der Waals surface area (Å²) in [7, 11) is -1.37. The Hall–Kier alpha value is -0.390. The summed E-state index contributed by atoms with van der Waals surface area (Å²) in [5.41, 5.74) is 0. The van der Waals surface area contributed by atoms with Gasteiger partial charge in [-0.15, -0.1) is 0 Å². The van der Waals surface area contributed by atoms with Crippen LogP contribution in [-0.2, 0) is 4.52 Å².